The Balaban J connectivity index is 0.000000156. The summed E-state index contributed by atoms with van der Waals surface area (Å²) in [5.74, 6) is 2.46. The van der Waals surface area contributed by atoms with Crippen LogP contribution in [0.5, 0.6) is 17.2 Å². The summed E-state index contributed by atoms with van der Waals surface area (Å²) in [6.45, 7) is 3.55. The summed E-state index contributed by atoms with van der Waals surface area (Å²) < 4.78 is 50.6. The third-order valence-corrected chi connectivity index (χ3v) is 22.7. The van der Waals surface area contributed by atoms with E-state index in [2.05, 4.69) is 64.1 Å². The molecule has 6 fully saturated rings. The van der Waals surface area contributed by atoms with Crippen LogP contribution in [0.15, 0.2) is 55.0 Å². The van der Waals surface area contributed by atoms with Crippen LogP contribution in [0.1, 0.15) is 178 Å². The number of nitriles is 3. The number of anilines is 6. The van der Waals surface area contributed by atoms with Gasteiger partial charge in [0.05, 0.1) is 36.9 Å². The van der Waals surface area contributed by atoms with Crippen molar-refractivity contribution in [3.63, 3.8) is 0 Å². The van der Waals surface area contributed by atoms with Crippen molar-refractivity contribution >= 4 is 89.6 Å². The number of aromatic nitrogens is 6. The summed E-state index contributed by atoms with van der Waals surface area (Å²) in [6.07, 6.45) is 17.8. The van der Waals surface area contributed by atoms with Gasteiger partial charge < -0.3 is 57.3 Å². The number of fused-ring (bicyclic) bond motifs is 3. The van der Waals surface area contributed by atoms with Gasteiger partial charge in [-0.1, -0.05) is 0 Å². The van der Waals surface area contributed by atoms with Crippen LogP contribution in [0, 0.1) is 34.0 Å². The Kier molecular flexibility index (Phi) is 28.2. The van der Waals surface area contributed by atoms with Crippen LogP contribution in [0.3, 0.4) is 0 Å². The molecule has 3 saturated heterocycles. The van der Waals surface area contributed by atoms with Crippen molar-refractivity contribution < 1.29 is 85.8 Å². The van der Waals surface area contributed by atoms with E-state index in [0.29, 0.717) is 167 Å². The van der Waals surface area contributed by atoms with Gasteiger partial charge >= 0.3 is 18.1 Å². The number of hydrogen-bond donors (Lipinski definition) is 3. The van der Waals surface area contributed by atoms with E-state index in [0.717, 1.165) is 74.5 Å². The zero-order valence-electron chi connectivity index (χ0n) is 67.8. The number of likely N-dealkylation sites (N-methyl/N-ethyl adjacent to an activating group) is 3. The first-order valence-corrected chi connectivity index (χ1v) is 40.3. The molecule has 120 heavy (non-hydrogen) atoms. The number of carbonyl (C=O) groups excluding carboxylic acids is 9. The second-order valence-electron chi connectivity index (χ2n) is 30.6. The summed E-state index contributed by atoms with van der Waals surface area (Å²) in [5.41, 5.74) is 5.58. The van der Waals surface area contributed by atoms with Crippen molar-refractivity contribution in [2.24, 2.45) is 0 Å². The SMILES string of the molecule is CO[C@@H]1CC[C@@H]1Oc1cc(NC(=O)N2CCCc3cc(CN(C)C(=O)[C@H]4CCCO4)c(C=O)nc32)ncc1C#N.CO[C@H]1CC[C@@H]1Oc1cc(NC(=O)N2CCCc3cc(CN(C)C(=O)[C@H]4CCCO4)c(C=O)nc32)ncc1C#N.CO[C@H]1CC[C@H]1Oc1cc(NC(=O)N2CCCc3cc(CN(C)C(=O)[C@H]4CCCO4)c(C=O)nc32)ncc1C#N. The Morgan fingerprint density at radius 3 is 0.925 bits per heavy atom. The molecule has 0 radical (unpaired) electrons. The van der Waals surface area contributed by atoms with Crippen LogP contribution in [-0.2, 0) is 81.7 Å². The molecule has 0 unspecified atom stereocenters. The van der Waals surface area contributed by atoms with Crippen LogP contribution in [0.4, 0.5) is 49.3 Å². The Hall–Kier alpha value is -12.2. The minimum absolute atomic E-state index is 0.0421. The largest absolute Gasteiger partial charge is 0.486 e. The molecule has 15 rings (SSSR count). The minimum Gasteiger partial charge on any atom is -0.486 e. The molecule has 6 aliphatic heterocycles. The molecule has 0 bridgehead atoms. The molecule has 36 nitrogen and oxygen atoms in total. The Morgan fingerprint density at radius 1 is 0.425 bits per heavy atom. The number of ether oxygens (including phenoxy) is 9. The Labute approximate surface area is 693 Å². The van der Waals surface area contributed by atoms with Crippen LogP contribution < -0.4 is 44.9 Å². The first kappa shape index (κ1) is 85.6. The maximum Gasteiger partial charge on any atom is 0.328 e. The number of hydrogen-bond acceptors (Lipinski definition) is 27. The fourth-order valence-corrected chi connectivity index (χ4v) is 15.6. The smallest absolute Gasteiger partial charge is 0.328 e. The highest BCUT2D eigenvalue weighted by Crippen LogP contribution is 2.38. The summed E-state index contributed by atoms with van der Waals surface area (Å²) in [5, 5.41) is 36.8. The third kappa shape index (κ3) is 19.7. The van der Waals surface area contributed by atoms with E-state index in [1.807, 2.05) is 18.2 Å². The Morgan fingerprint density at radius 2 is 0.700 bits per heavy atom. The summed E-state index contributed by atoms with van der Waals surface area (Å²) >= 11 is 0. The lowest BCUT2D eigenvalue weighted by Gasteiger charge is -2.35. The van der Waals surface area contributed by atoms with Gasteiger partial charge in [0, 0.05) is 136 Å². The van der Waals surface area contributed by atoms with Crippen molar-refractivity contribution in [3.8, 4) is 35.5 Å². The van der Waals surface area contributed by atoms with Crippen molar-refractivity contribution in [1.82, 2.24) is 44.6 Å². The summed E-state index contributed by atoms with van der Waals surface area (Å²) in [6, 6.07) is 14.9. The number of carbonyl (C=O) groups is 9. The number of methoxy groups -OCH3 is 3. The minimum atomic E-state index is -0.467. The van der Waals surface area contributed by atoms with E-state index in [4.69, 9.17) is 42.6 Å². The molecule has 6 aromatic rings. The van der Waals surface area contributed by atoms with Crippen molar-refractivity contribution in [1.29, 1.82) is 15.8 Å². The molecule has 9 atom stereocenters. The molecule has 36 heteroatoms. The van der Waals surface area contributed by atoms with Gasteiger partial charge in [-0.2, -0.15) is 15.8 Å². The van der Waals surface area contributed by atoms with Gasteiger partial charge in [-0.25, -0.2) is 44.3 Å². The van der Waals surface area contributed by atoms with Crippen molar-refractivity contribution in [2.75, 3.05) is 113 Å². The molecular weight excluding hydrogens is 1550 g/mol. The zero-order chi connectivity index (χ0) is 84.7. The Bertz CT molecular complexity index is 4490. The quantitative estimate of drug-likeness (QED) is 0.0478. The molecule has 12 heterocycles. The van der Waals surface area contributed by atoms with Gasteiger partial charge in [0.2, 0.25) is 0 Å². The molecule has 3 aliphatic carbocycles. The fourth-order valence-electron chi connectivity index (χ4n) is 15.6. The lowest BCUT2D eigenvalue weighted by molar-refractivity contribution is -0.140. The second-order valence-corrected chi connectivity index (χ2v) is 30.6. The number of aldehydes is 3. The van der Waals surface area contributed by atoms with E-state index in [-0.39, 0.29) is 125 Å². The fraction of sp³-hybridized carbons (Fsp3) is 0.500. The van der Waals surface area contributed by atoms with Gasteiger partial charge in [0.25, 0.3) is 17.7 Å². The molecule has 9 amide bonds. The molecule has 6 aromatic heterocycles. The number of nitrogens with zero attached hydrogens (tertiary/aromatic N) is 15. The number of aryl methyl sites for hydroxylation is 3. The number of amides is 9. The monoisotopic (exact) mass is 1640 g/mol. The lowest BCUT2D eigenvalue weighted by Crippen LogP contribution is -2.42. The molecule has 9 aliphatic rings. The van der Waals surface area contributed by atoms with Crippen LogP contribution in [0.2, 0.25) is 0 Å². The molecule has 3 saturated carbocycles. The van der Waals surface area contributed by atoms with E-state index in [1.165, 1.54) is 51.5 Å². The molecule has 630 valence electrons. The predicted octanol–water partition coefficient (Wildman–Crippen LogP) is 8.52. The van der Waals surface area contributed by atoms with E-state index < -0.39 is 36.4 Å². The average molecular weight is 1650 g/mol. The molecule has 0 aromatic carbocycles. The summed E-state index contributed by atoms with van der Waals surface area (Å²) in [4.78, 5) is 149. The van der Waals surface area contributed by atoms with Crippen LogP contribution in [0.25, 0.3) is 0 Å². The first-order valence-electron chi connectivity index (χ1n) is 40.3. The molecule has 0 spiro atoms. The van der Waals surface area contributed by atoms with Crippen LogP contribution in [-0.4, -0.2) is 236 Å². The predicted molar refractivity (Wildman–Crippen MR) is 429 cm³/mol. The number of rotatable bonds is 24. The van der Waals surface area contributed by atoms with Gasteiger partial charge in [-0.3, -0.25) is 59.4 Å². The van der Waals surface area contributed by atoms with Gasteiger partial charge in [0.1, 0.15) is 141 Å². The van der Waals surface area contributed by atoms with Crippen molar-refractivity contribution in [3.05, 3.63) is 122 Å². The number of urea groups is 3. The standard InChI is InChI=1S/3C28H32N6O6/c3*1-33(27(36)23-6-4-10-39-23)15-18-11-17-5-3-9-34(26(17)31-20(18)16-35)28(37)32-25-12-24(19(13-29)14-30-25)40-22-8-7-21(22)38-2/h3*11-12,14,16,21-23H,3-10,15H2,1-2H3,(H,30,32,37)/t21-,22+,23+;21-,22+,23-;21-,22-,23+/m010/s1. The topological polar surface area (TPSA) is 441 Å². The first-order chi connectivity index (χ1) is 58.2. The highest BCUT2D eigenvalue weighted by molar-refractivity contribution is 6.04. The maximum atomic E-state index is 13.3. The molecule has 3 N–H and O–H groups in total. The second kappa shape index (κ2) is 39.6. The average Bonchev–Trinajstić information content (AvgIpc) is 0.893. The van der Waals surface area contributed by atoms with Crippen molar-refractivity contribution in [2.45, 2.75) is 190 Å². The van der Waals surface area contributed by atoms with Crippen LogP contribution >= 0.6 is 0 Å². The van der Waals surface area contributed by atoms with Gasteiger partial charge in [-0.05, 0) is 150 Å². The van der Waals surface area contributed by atoms with Gasteiger partial charge in [-0.15, -0.1) is 0 Å². The maximum absolute atomic E-state index is 13.3. The van der Waals surface area contributed by atoms with E-state index >= 15 is 0 Å². The number of nitrogens with one attached hydrogen (secondary N) is 3. The highest BCUT2D eigenvalue weighted by atomic mass is 16.6. The van der Waals surface area contributed by atoms with E-state index in [1.54, 1.807) is 57.2 Å². The molecular formula is C84H96N18O18. The van der Waals surface area contributed by atoms with Gasteiger partial charge in [0.15, 0.2) is 18.9 Å². The summed E-state index contributed by atoms with van der Waals surface area (Å²) in [7, 11) is 9.91. The highest BCUT2D eigenvalue weighted by Gasteiger charge is 2.39. The normalized spacial score (nSPS) is 21.5. The van der Waals surface area contributed by atoms with E-state index in [9.17, 15) is 58.9 Å². The lowest BCUT2D eigenvalue weighted by atomic mass is 9.92. The zero-order valence-corrected chi connectivity index (χ0v) is 67.8. The third-order valence-electron chi connectivity index (χ3n) is 22.7. The number of pyridine rings is 6.